The van der Waals surface area contributed by atoms with Gasteiger partial charge in [0.1, 0.15) is 0 Å². The lowest BCUT2D eigenvalue weighted by molar-refractivity contribution is 0.590. The minimum atomic E-state index is -3.88. The normalized spacial score (nSPS) is 13.4. The van der Waals surface area contributed by atoms with E-state index in [1.807, 2.05) is 0 Å². The molecule has 0 saturated heterocycles. The molecular weight excluding hydrogens is 178 g/mol. The summed E-state index contributed by atoms with van der Waals surface area (Å²) in [6.07, 6.45) is 0. The second kappa shape index (κ2) is 2.85. The molecule has 0 radical (unpaired) electrons. The molecule has 0 aliphatic heterocycles. The third-order valence-electron chi connectivity index (χ3n) is 0.784. The van der Waals surface area contributed by atoms with Gasteiger partial charge in [-0.1, -0.05) is 6.92 Å². The van der Waals surface area contributed by atoms with Crippen LogP contribution in [0.1, 0.15) is 6.92 Å². The monoisotopic (exact) mass is 187 g/mol. The molecule has 0 fully saturated rings. The Bertz CT molecular complexity index is 286. The molecule has 0 aromatic rings. The summed E-state index contributed by atoms with van der Waals surface area (Å²) in [4.78, 5) is 0. The van der Waals surface area contributed by atoms with Gasteiger partial charge in [0.15, 0.2) is 14.9 Å². The van der Waals surface area contributed by atoms with Crippen molar-refractivity contribution >= 4 is 19.9 Å². The summed E-state index contributed by atoms with van der Waals surface area (Å²) >= 11 is 0. The molecule has 0 spiro atoms. The van der Waals surface area contributed by atoms with E-state index < -0.39 is 24.9 Å². The van der Waals surface area contributed by atoms with E-state index in [2.05, 4.69) is 5.14 Å². The fourth-order valence-corrected chi connectivity index (χ4v) is 3.00. The highest BCUT2D eigenvalue weighted by atomic mass is 32.3. The summed E-state index contributed by atoms with van der Waals surface area (Å²) in [7, 11) is -7.37. The molecule has 0 heterocycles. The van der Waals surface area contributed by atoms with E-state index >= 15 is 0 Å². The molecule has 0 rings (SSSR count). The van der Waals surface area contributed by atoms with Crippen LogP contribution < -0.4 is 5.14 Å². The van der Waals surface area contributed by atoms with E-state index in [9.17, 15) is 16.8 Å². The molecule has 0 unspecified atom stereocenters. The van der Waals surface area contributed by atoms with Gasteiger partial charge in [0.05, 0.1) is 0 Å². The average molecular weight is 187 g/mol. The Kier molecular flexibility index (Phi) is 2.81. The van der Waals surface area contributed by atoms with Crippen LogP contribution >= 0.6 is 0 Å². The van der Waals surface area contributed by atoms with E-state index in [0.717, 1.165) is 0 Å². The van der Waals surface area contributed by atoms with E-state index in [4.69, 9.17) is 0 Å². The molecule has 0 aromatic heterocycles. The van der Waals surface area contributed by atoms with Crippen LogP contribution in [0.25, 0.3) is 0 Å². The van der Waals surface area contributed by atoms with Gasteiger partial charge in [-0.3, -0.25) is 0 Å². The summed E-state index contributed by atoms with van der Waals surface area (Å²) in [5.41, 5.74) is 0. The Morgan fingerprint density at radius 2 is 1.60 bits per heavy atom. The highest BCUT2D eigenvalue weighted by Gasteiger charge is 2.15. The van der Waals surface area contributed by atoms with Crippen molar-refractivity contribution in [3.63, 3.8) is 0 Å². The van der Waals surface area contributed by atoms with Crippen LogP contribution in [0.15, 0.2) is 0 Å². The number of rotatable bonds is 3. The zero-order valence-corrected chi connectivity index (χ0v) is 7.07. The molecule has 0 aliphatic rings. The molecular formula is C3H9NO4S2. The van der Waals surface area contributed by atoms with Gasteiger partial charge >= 0.3 is 0 Å². The van der Waals surface area contributed by atoms with Crippen molar-refractivity contribution < 1.29 is 16.8 Å². The van der Waals surface area contributed by atoms with Gasteiger partial charge in [-0.2, -0.15) is 0 Å². The van der Waals surface area contributed by atoms with Crippen molar-refractivity contribution in [2.75, 3.05) is 10.8 Å². The lowest BCUT2D eigenvalue weighted by Gasteiger charge is -1.96. The predicted molar refractivity (Wildman–Crippen MR) is 37.4 cm³/mol. The quantitative estimate of drug-likeness (QED) is 0.592. The Morgan fingerprint density at radius 1 is 1.20 bits per heavy atom. The maximum atomic E-state index is 10.6. The molecule has 10 heavy (non-hydrogen) atoms. The minimum Gasteiger partial charge on any atom is -0.228 e. The van der Waals surface area contributed by atoms with Crippen molar-refractivity contribution in [3.05, 3.63) is 0 Å². The van der Waals surface area contributed by atoms with Gasteiger partial charge in [0.2, 0.25) is 10.0 Å². The first-order valence-electron chi connectivity index (χ1n) is 2.48. The van der Waals surface area contributed by atoms with E-state index in [-0.39, 0.29) is 5.75 Å². The van der Waals surface area contributed by atoms with Crippen LogP contribution in [0.3, 0.4) is 0 Å². The van der Waals surface area contributed by atoms with Crippen LogP contribution in [0.2, 0.25) is 0 Å². The molecule has 62 valence electrons. The van der Waals surface area contributed by atoms with Crippen molar-refractivity contribution in [1.29, 1.82) is 0 Å². The first-order valence-corrected chi connectivity index (χ1v) is 6.01. The van der Waals surface area contributed by atoms with Gasteiger partial charge in [-0.25, -0.2) is 22.0 Å². The number of sulfonamides is 1. The predicted octanol–water partition coefficient (Wildman–Crippen LogP) is -1.33. The summed E-state index contributed by atoms with van der Waals surface area (Å²) in [6.45, 7) is 1.36. The lowest BCUT2D eigenvalue weighted by atomic mass is 11.0. The molecule has 7 heteroatoms. The largest absolute Gasteiger partial charge is 0.228 e. The Morgan fingerprint density at radius 3 is 1.70 bits per heavy atom. The van der Waals surface area contributed by atoms with Crippen LogP contribution in [-0.2, 0) is 19.9 Å². The number of hydrogen-bond donors (Lipinski definition) is 1. The summed E-state index contributed by atoms with van der Waals surface area (Å²) in [6, 6.07) is 0. The Labute approximate surface area is 60.2 Å². The Hall–Kier alpha value is -0.140. The van der Waals surface area contributed by atoms with Crippen molar-refractivity contribution in [3.8, 4) is 0 Å². The maximum absolute atomic E-state index is 10.6. The van der Waals surface area contributed by atoms with E-state index in [1.165, 1.54) is 6.92 Å². The molecule has 0 saturated carbocycles. The Balaban J connectivity index is 4.49. The molecule has 5 nitrogen and oxygen atoms in total. The lowest BCUT2D eigenvalue weighted by Crippen LogP contribution is -2.24. The first kappa shape index (κ1) is 9.86. The van der Waals surface area contributed by atoms with Crippen LogP contribution in [0.5, 0.6) is 0 Å². The smallest absolute Gasteiger partial charge is 0.223 e. The van der Waals surface area contributed by atoms with Gasteiger partial charge in [0, 0.05) is 5.75 Å². The molecule has 0 aliphatic carbocycles. The third kappa shape index (κ3) is 4.71. The van der Waals surface area contributed by atoms with Crippen molar-refractivity contribution in [2.45, 2.75) is 6.92 Å². The van der Waals surface area contributed by atoms with E-state index in [0.29, 0.717) is 0 Å². The fraction of sp³-hybridized carbons (Fsp3) is 1.00. The summed E-state index contributed by atoms with van der Waals surface area (Å²) in [5.74, 6) is -0.205. The molecule has 2 N–H and O–H groups in total. The summed E-state index contributed by atoms with van der Waals surface area (Å²) < 4.78 is 41.5. The maximum Gasteiger partial charge on any atom is 0.223 e. The van der Waals surface area contributed by atoms with Crippen molar-refractivity contribution in [1.82, 2.24) is 0 Å². The van der Waals surface area contributed by atoms with Crippen molar-refractivity contribution in [2.24, 2.45) is 5.14 Å². The topological polar surface area (TPSA) is 94.3 Å². The highest BCUT2D eigenvalue weighted by Crippen LogP contribution is 1.91. The SMILES string of the molecule is CCS(=O)(=O)CS(N)(=O)=O. The molecule has 0 atom stereocenters. The highest BCUT2D eigenvalue weighted by molar-refractivity contribution is 8.07. The molecule has 0 aromatic carbocycles. The van der Waals surface area contributed by atoms with Crippen LogP contribution in [0.4, 0.5) is 0 Å². The van der Waals surface area contributed by atoms with Crippen LogP contribution in [0, 0.1) is 0 Å². The minimum absolute atomic E-state index is 0.205. The number of hydrogen-bond acceptors (Lipinski definition) is 4. The number of primary sulfonamides is 1. The van der Waals surface area contributed by atoms with Gasteiger partial charge in [-0.05, 0) is 0 Å². The third-order valence-corrected chi connectivity index (χ3v) is 4.41. The zero-order chi connectivity index (χ0) is 8.41. The second-order valence-corrected chi connectivity index (χ2v) is 6.15. The van der Waals surface area contributed by atoms with E-state index in [1.54, 1.807) is 0 Å². The average Bonchev–Trinajstić information content (AvgIpc) is 1.60. The van der Waals surface area contributed by atoms with Gasteiger partial charge in [0.25, 0.3) is 0 Å². The van der Waals surface area contributed by atoms with Gasteiger partial charge in [-0.15, -0.1) is 0 Å². The standard InChI is InChI=1S/C3H9NO4S2/c1-2-9(5,6)3-10(4,7)8/h2-3H2,1H3,(H2,4,7,8). The number of sulfone groups is 1. The first-order chi connectivity index (χ1) is 4.27. The molecule has 0 bridgehead atoms. The summed E-state index contributed by atoms with van der Waals surface area (Å²) in [5, 5.41) is 3.53. The molecule has 0 amide bonds. The zero-order valence-electron chi connectivity index (χ0n) is 5.44. The number of nitrogens with two attached hydrogens (primary N) is 1. The fourth-order valence-electron chi connectivity index (χ4n) is 0.334. The second-order valence-electron chi connectivity index (χ2n) is 1.81. The van der Waals surface area contributed by atoms with Gasteiger partial charge < -0.3 is 0 Å². The van der Waals surface area contributed by atoms with Crippen LogP contribution in [-0.4, -0.2) is 27.7 Å².